The van der Waals surface area contributed by atoms with Crippen molar-refractivity contribution in [1.82, 2.24) is 0 Å². The molecule has 15 heavy (non-hydrogen) atoms. The number of aliphatic hydroxyl groups excluding tert-OH is 3. The number of hydrogen-bond acceptors (Lipinski definition) is 5. The minimum absolute atomic E-state index is 0.0903. The number of esters is 1. The Morgan fingerprint density at radius 2 is 1.73 bits per heavy atom. The van der Waals surface area contributed by atoms with Crippen molar-refractivity contribution in [1.29, 1.82) is 0 Å². The number of aliphatic hydroxyl groups is 3. The van der Waals surface area contributed by atoms with E-state index in [0.717, 1.165) is 0 Å². The zero-order chi connectivity index (χ0) is 12.3. The molecule has 5 heteroatoms. The van der Waals surface area contributed by atoms with Crippen LogP contribution in [0.4, 0.5) is 0 Å². The molecule has 0 saturated carbocycles. The maximum absolute atomic E-state index is 10.6. The van der Waals surface area contributed by atoms with Crippen LogP contribution >= 0.6 is 0 Å². The molecule has 0 bridgehead atoms. The van der Waals surface area contributed by atoms with Crippen LogP contribution in [0.25, 0.3) is 0 Å². The van der Waals surface area contributed by atoms with Crippen molar-refractivity contribution in [2.45, 2.75) is 33.3 Å². The van der Waals surface area contributed by atoms with Gasteiger partial charge in [-0.25, -0.2) is 0 Å². The van der Waals surface area contributed by atoms with Crippen LogP contribution in [-0.2, 0) is 9.53 Å². The van der Waals surface area contributed by atoms with E-state index in [9.17, 15) is 4.79 Å². The minimum atomic E-state index is -0.954. The van der Waals surface area contributed by atoms with Gasteiger partial charge in [-0.2, -0.15) is 0 Å². The van der Waals surface area contributed by atoms with Crippen LogP contribution in [-0.4, -0.2) is 47.2 Å². The molecule has 0 radical (unpaired) electrons. The van der Waals surface area contributed by atoms with Crippen molar-refractivity contribution in [2.24, 2.45) is 5.92 Å². The van der Waals surface area contributed by atoms with Crippen LogP contribution in [0.15, 0.2) is 0 Å². The molecular weight excluding hydrogens is 200 g/mol. The van der Waals surface area contributed by atoms with E-state index in [-0.39, 0.29) is 19.2 Å². The van der Waals surface area contributed by atoms with Crippen molar-refractivity contribution in [3.63, 3.8) is 0 Å². The first-order valence-corrected chi connectivity index (χ1v) is 5.03. The molecule has 0 saturated heterocycles. The van der Waals surface area contributed by atoms with Crippen LogP contribution in [0.5, 0.6) is 0 Å². The smallest absolute Gasteiger partial charge is 0.306 e. The Morgan fingerprint density at radius 1 is 1.27 bits per heavy atom. The number of ether oxygens (including phenoxy) is 1. The Hall–Kier alpha value is -0.650. The van der Waals surface area contributed by atoms with Gasteiger partial charge in [-0.3, -0.25) is 4.79 Å². The molecule has 0 unspecified atom stereocenters. The van der Waals surface area contributed by atoms with Gasteiger partial charge in [0, 0.05) is 6.42 Å². The van der Waals surface area contributed by atoms with Gasteiger partial charge in [-0.05, 0) is 12.8 Å². The summed E-state index contributed by atoms with van der Waals surface area (Å²) in [5.41, 5.74) is 0. The zero-order valence-electron chi connectivity index (χ0n) is 9.64. The summed E-state index contributed by atoms with van der Waals surface area (Å²) in [6.07, 6.45) is -0.418. The summed E-state index contributed by atoms with van der Waals surface area (Å²) in [5.74, 6) is 0.316. The van der Waals surface area contributed by atoms with Crippen molar-refractivity contribution in [3.05, 3.63) is 0 Å². The summed E-state index contributed by atoms with van der Waals surface area (Å²) in [4.78, 5) is 10.6. The first-order valence-electron chi connectivity index (χ1n) is 5.03. The van der Waals surface area contributed by atoms with Crippen molar-refractivity contribution >= 4 is 5.97 Å². The lowest BCUT2D eigenvalue weighted by Gasteiger charge is -2.02. The predicted octanol–water partition coefficient (Wildman–Crippen LogP) is -0.0725. The highest BCUT2D eigenvalue weighted by Crippen LogP contribution is 1.99. The van der Waals surface area contributed by atoms with Crippen LogP contribution in [0, 0.1) is 5.92 Å². The fourth-order valence-electron chi connectivity index (χ4n) is 0.611. The average molecular weight is 222 g/mol. The molecule has 0 heterocycles. The van der Waals surface area contributed by atoms with E-state index in [1.807, 2.05) is 20.8 Å². The molecule has 92 valence electrons. The highest BCUT2D eigenvalue weighted by Gasteiger charge is 2.03. The molecule has 0 atom stereocenters. The topological polar surface area (TPSA) is 87.0 Å². The molecule has 3 N–H and O–H groups in total. The highest BCUT2D eigenvalue weighted by atomic mass is 16.5. The van der Waals surface area contributed by atoms with E-state index in [4.69, 9.17) is 20.1 Å². The molecule has 0 rings (SSSR count). The first kappa shape index (κ1) is 16.8. The van der Waals surface area contributed by atoms with E-state index >= 15 is 0 Å². The maximum atomic E-state index is 10.6. The van der Waals surface area contributed by atoms with Gasteiger partial charge in [-0.15, -0.1) is 0 Å². The summed E-state index contributed by atoms with van der Waals surface area (Å²) in [6.45, 7) is 5.57. The summed E-state index contributed by atoms with van der Waals surface area (Å²) >= 11 is 0. The predicted molar refractivity (Wildman–Crippen MR) is 56.3 cm³/mol. The van der Waals surface area contributed by atoms with Gasteiger partial charge in [-0.1, -0.05) is 13.8 Å². The van der Waals surface area contributed by atoms with E-state index in [2.05, 4.69) is 0 Å². The van der Waals surface area contributed by atoms with E-state index in [0.29, 0.717) is 18.9 Å². The lowest BCUT2D eigenvalue weighted by Crippen LogP contribution is -2.15. The molecule has 0 aliphatic heterocycles. The zero-order valence-corrected chi connectivity index (χ0v) is 9.64. The Kier molecular flexibility index (Phi) is 12.8. The van der Waals surface area contributed by atoms with Gasteiger partial charge in [0.1, 0.15) is 6.10 Å². The SMILES string of the molecule is CCOC(=O)CC(C)C.OCC(O)CO. The summed E-state index contributed by atoms with van der Waals surface area (Å²) in [6, 6.07) is 0. The summed E-state index contributed by atoms with van der Waals surface area (Å²) in [7, 11) is 0. The van der Waals surface area contributed by atoms with Gasteiger partial charge in [0.25, 0.3) is 0 Å². The second kappa shape index (κ2) is 11.4. The van der Waals surface area contributed by atoms with Gasteiger partial charge >= 0.3 is 5.97 Å². The third-order valence-electron chi connectivity index (χ3n) is 1.30. The molecule has 0 aliphatic carbocycles. The van der Waals surface area contributed by atoms with Gasteiger partial charge in [0.2, 0.25) is 0 Å². The third kappa shape index (κ3) is 16.1. The van der Waals surface area contributed by atoms with Crippen LogP contribution in [0.3, 0.4) is 0 Å². The number of rotatable bonds is 5. The monoisotopic (exact) mass is 222 g/mol. The van der Waals surface area contributed by atoms with Gasteiger partial charge in [0.05, 0.1) is 19.8 Å². The Morgan fingerprint density at radius 3 is 1.93 bits per heavy atom. The number of hydrogen-bond donors (Lipinski definition) is 3. The van der Waals surface area contributed by atoms with Crippen molar-refractivity contribution in [2.75, 3.05) is 19.8 Å². The molecule has 5 nitrogen and oxygen atoms in total. The normalized spacial score (nSPS) is 9.87. The maximum Gasteiger partial charge on any atom is 0.306 e. The second-order valence-corrected chi connectivity index (χ2v) is 3.42. The summed E-state index contributed by atoms with van der Waals surface area (Å²) < 4.78 is 4.71. The van der Waals surface area contributed by atoms with Crippen LogP contribution < -0.4 is 0 Å². The van der Waals surface area contributed by atoms with E-state index in [1.54, 1.807) is 0 Å². The largest absolute Gasteiger partial charge is 0.466 e. The molecule has 0 spiro atoms. The first-order chi connectivity index (χ1) is 6.97. The molecular formula is C10H22O5. The second-order valence-electron chi connectivity index (χ2n) is 3.42. The molecule has 0 amide bonds. The molecule has 0 aromatic heterocycles. The fraction of sp³-hybridized carbons (Fsp3) is 0.900. The quantitative estimate of drug-likeness (QED) is 0.567. The van der Waals surface area contributed by atoms with Gasteiger partial charge < -0.3 is 20.1 Å². The molecule has 0 aromatic rings. The molecule has 0 aromatic carbocycles. The summed E-state index contributed by atoms with van der Waals surface area (Å²) in [5, 5.41) is 24.0. The highest BCUT2D eigenvalue weighted by molar-refractivity contribution is 5.69. The number of carbonyl (C=O) groups excluding carboxylic acids is 1. The standard InChI is InChI=1S/C7H14O2.C3H8O3/c1-4-9-7(8)5-6(2)3;4-1-3(6)2-5/h6H,4-5H2,1-3H3;3-6H,1-2H2. The molecule has 0 aliphatic rings. The minimum Gasteiger partial charge on any atom is -0.466 e. The average Bonchev–Trinajstić information content (AvgIpc) is 2.16. The van der Waals surface area contributed by atoms with E-state index < -0.39 is 6.10 Å². The van der Waals surface area contributed by atoms with Crippen LogP contribution in [0.1, 0.15) is 27.2 Å². The molecule has 0 fully saturated rings. The lowest BCUT2D eigenvalue weighted by atomic mass is 10.1. The van der Waals surface area contributed by atoms with Crippen LogP contribution in [0.2, 0.25) is 0 Å². The van der Waals surface area contributed by atoms with Crippen molar-refractivity contribution in [3.8, 4) is 0 Å². The van der Waals surface area contributed by atoms with Gasteiger partial charge in [0.15, 0.2) is 0 Å². The van der Waals surface area contributed by atoms with E-state index in [1.165, 1.54) is 0 Å². The third-order valence-corrected chi connectivity index (χ3v) is 1.30. The Balaban J connectivity index is 0. The fourth-order valence-corrected chi connectivity index (χ4v) is 0.611. The Labute approximate surface area is 90.7 Å². The lowest BCUT2D eigenvalue weighted by molar-refractivity contribution is -0.143. The Bertz CT molecular complexity index is 143. The number of carbonyl (C=O) groups is 1. The van der Waals surface area contributed by atoms with Crippen molar-refractivity contribution < 1.29 is 24.9 Å².